The van der Waals surface area contributed by atoms with E-state index in [4.69, 9.17) is 0 Å². The monoisotopic (exact) mass is 379 g/mol. The molecule has 0 radical (unpaired) electrons. The average Bonchev–Trinajstić information content (AvgIpc) is 3.01. The highest BCUT2D eigenvalue weighted by Crippen LogP contribution is 2.40. The Labute approximate surface area is 158 Å². The first-order valence-electron chi connectivity index (χ1n) is 8.34. The van der Waals surface area contributed by atoms with Crippen LogP contribution in [0.3, 0.4) is 0 Å². The molecule has 1 aromatic carbocycles. The van der Waals surface area contributed by atoms with Gasteiger partial charge in [-0.3, -0.25) is 4.31 Å². The van der Waals surface area contributed by atoms with Gasteiger partial charge < -0.3 is 9.21 Å². The molecule has 0 N–H and O–H groups in total. The lowest BCUT2D eigenvalue weighted by Crippen LogP contribution is -2.30. The summed E-state index contributed by atoms with van der Waals surface area (Å²) in [5.74, 6) is 0. The van der Waals surface area contributed by atoms with Crippen LogP contribution in [0.5, 0.6) is 0 Å². The van der Waals surface area contributed by atoms with Crippen LogP contribution in [0.1, 0.15) is 19.3 Å². The summed E-state index contributed by atoms with van der Waals surface area (Å²) >= 11 is 5.45. The number of piperidine rings is 1. The van der Waals surface area contributed by atoms with Crippen LogP contribution in [0.4, 0.5) is 11.4 Å². The standard InChI is InChI=1S/C18H25N3S3/c1-19(2)23-17-11-12-18(22-17)24-20(3)15-9-5-6-10-16(15)21-13-7-4-8-14-21/h5-6,9-12H,4,7-8,13-14H2,1-3H3. The average molecular weight is 380 g/mol. The van der Waals surface area contributed by atoms with E-state index in [1.54, 1.807) is 11.9 Å². The molecule has 0 saturated carbocycles. The van der Waals surface area contributed by atoms with Gasteiger partial charge in [0.25, 0.3) is 0 Å². The van der Waals surface area contributed by atoms with E-state index in [0.29, 0.717) is 0 Å². The highest BCUT2D eigenvalue weighted by molar-refractivity contribution is 8.03. The second-order valence-electron chi connectivity index (χ2n) is 6.10. The van der Waals surface area contributed by atoms with E-state index < -0.39 is 0 Å². The maximum absolute atomic E-state index is 2.54. The van der Waals surface area contributed by atoms with E-state index in [9.17, 15) is 0 Å². The van der Waals surface area contributed by atoms with Gasteiger partial charge in [0, 0.05) is 20.1 Å². The Morgan fingerprint density at radius 1 is 0.875 bits per heavy atom. The molecule has 1 aliphatic heterocycles. The smallest absolute Gasteiger partial charge is 0.0822 e. The lowest BCUT2D eigenvalue weighted by molar-refractivity contribution is 0.578. The molecule has 1 aromatic heterocycles. The summed E-state index contributed by atoms with van der Waals surface area (Å²) in [4.78, 5) is 2.54. The molecule has 0 unspecified atom stereocenters. The third-order valence-corrected chi connectivity index (χ3v) is 7.06. The molecule has 1 aliphatic rings. The largest absolute Gasteiger partial charge is 0.370 e. The number of nitrogens with zero attached hydrogens (tertiary/aromatic N) is 3. The van der Waals surface area contributed by atoms with Gasteiger partial charge in [-0.15, -0.1) is 11.3 Å². The lowest BCUT2D eigenvalue weighted by atomic mass is 10.1. The van der Waals surface area contributed by atoms with E-state index in [2.05, 4.69) is 71.1 Å². The Hall–Kier alpha value is -0.820. The highest BCUT2D eigenvalue weighted by Gasteiger charge is 2.17. The van der Waals surface area contributed by atoms with Gasteiger partial charge in [-0.05, 0) is 81.5 Å². The van der Waals surface area contributed by atoms with Crippen LogP contribution >= 0.6 is 35.2 Å². The van der Waals surface area contributed by atoms with Crippen molar-refractivity contribution < 1.29 is 0 Å². The number of anilines is 2. The first-order valence-corrected chi connectivity index (χ1v) is 10.7. The fourth-order valence-electron chi connectivity index (χ4n) is 2.90. The molecule has 3 rings (SSSR count). The third-order valence-electron chi connectivity index (χ3n) is 3.97. The first kappa shape index (κ1) is 18.0. The molecule has 2 aromatic rings. The molecular formula is C18H25N3S3. The van der Waals surface area contributed by atoms with Crippen LogP contribution in [0.15, 0.2) is 44.8 Å². The molecular weight excluding hydrogens is 354 g/mol. The van der Waals surface area contributed by atoms with Crippen molar-refractivity contribution in [2.24, 2.45) is 0 Å². The minimum absolute atomic E-state index is 1.18. The molecule has 0 bridgehead atoms. The normalized spacial score (nSPS) is 15.1. The molecule has 2 heterocycles. The van der Waals surface area contributed by atoms with E-state index in [1.807, 2.05) is 23.3 Å². The molecule has 24 heavy (non-hydrogen) atoms. The van der Waals surface area contributed by atoms with E-state index in [0.717, 1.165) is 0 Å². The number of thiophene rings is 1. The molecule has 0 amide bonds. The van der Waals surface area contributed by atoms with Crippen LogP contribution in [0.25, 0.3) is 0 Å². The summed E-state index contributed by atoms with van der Waals surface area (Å²) in [5, 5.41) is 0. The number of para-hydroxylation sites is 2. The van der Waals surface area contributed by atoms with Crippen molar-refractivity contribution in [2.45, 2.75) is 27.7 Å². The fourth-order valence-corrected chi connectivity index (χ4v) is 6.29. The van der Waals surface area contributed by atoms with Crippen molar-refractivity contribution in [1.29, 1.82) is 0 Å². The van der Waals surface area contributed by atoms with Gasteiger partial charge in [0.15, 0.2) is 0 Å². The molecule has 0 spiro atoms. The number of hydrogen-bond acceptors (Lipinski definition) is 6. The Bertz CT molecular complexity index is 650. The Morgan fingerprint density at radius 2 is 1.54 bits per heavy atom. The fraction of sp³-hybridized carbons (Fsp3) is 0.444. The molecule has 3 nitrogen and oxygen atoms in total. The van der Waals surface area contributed by atoms with Crippen molar-refractivity contribution in [3.8, 4) is 0 Å². The van der Waals surface area contributed by atoms with Crippen LogP contribution < -0.4 is 9.21 Å². The minimum atomic E-state index is 1.18. The summed E-state index contributed by atoms with van der Waals surface area (Å²) in [7, 11) is 6.34. The van der Waals surface area contributed by atoms with Crippen molar-refractivity contribution in [3.05, 3.63) is 36.4 Å². The van der Waals surface area contributed by atoms with Gasteiger partial charge in [0.05, 0.1) is 19.8 Å². The maximum Gasteiger partial charge on any atom is 0.0822 e. The summed E-state index contributed by atoms with van der Waals surface area (Å²) in [6.07, 6.45) is 3.98. The number of hydrogen-bond donors (Lipinski definition) is 0. The maximum atomic E-state index is 2.54. The zero-order chi connectivity index (χ0) is 16.9. The molecule has 1 fully saturated rings. The van der Waals surface area contributed by atoms with Crippen molar-refractivity contribution >= 4 is 46.6 Å². The van der Waals surface area contributed by atoms with Crippen molar-refractivity contribution in [1.82, 2.24) is 4.31 Å². The van der Waals surface area contributed by atoms with Gasteiger partial charge in [0.2, 0.25) is 0 Å². The zero-order valence-corrected chi connectivity index (χ0v) is 17.0. The first-order chi connectivity index (χ1) is 11.6. The van der Waals surface area contributed by atoms with Gasteiger partial charge in [-0.2, -0.15) is 0 Å². The van der Waals surface area contributed by atoms with Gasteiger partial charge in [-0.25, -0.2) is 0 Å². The van der Waals surface area contributed by atoms with E-state index in [1.165, 1.54) is 52.1 Å². The van der Waals surface area contributed by atoms with Crippen LogP contribution in [-0.4, -0.2) is 38.5 Å². The minimum Gasteiger partial charge on any atom is -0.370 e. The van der Waals surface area contributed by atoms with Crippen molar-refractivity contribution in [2.75, 3.05) is 43.4 Å². The van der Waals surface area contributed by atoms with Crippen LogP contribution in [0.2, 0.25) is 0 Å². The Kier molecular flexibility index (Phi) is 6.38. The second kappa shape index (κ2) is 8.52. The highest BCUT2D eigenvalue weighted by atomic mass is 32.2. The second-order valence-corrected chi connectivity index (χ2v) is 10.2. The Balaban J connectivity index is 1.72. The van der Waals surface area contributed by atoms with Crippen molar-refractivity contribution in [3.63, 3.8) is 0 Å². The van der Waals surface area contributed by atoms with E-state index >= 15 is 0 Å². The van der Waals surface area contributed by atoms with Crippen LogP contribution in [-0.2, 0) is 0 Å². The molecule has 6 heteroatoms. The van der Waals surface area contributed by atoms with Crippen LogP contribution in [0, 0.1) is 0 Å². The molecule has 130 valence electrons. The summed E-state index contributed by atoms with van der Waals surface area (Å²) in [6.45, 7) is 2.36. The summed E-state index contributed by atoms with van der Waals surface area (Å²) in [5.41, 5.74) is 2.67. The zero-order valence-electron chi connectivity index (χ0n) is 14.6. The third kappa shape index (κ3) is 4.63. The Morgan fingerprint density at radius 3 is 2.25 bits per heavy atom. The number of benzene rings is 1. The summed E-state index contributed by atoms with van der Waals surface area (Å²) < 4.78 is 7.10. The number of rotatable bonds is 6. The SMILES string of the molecule is CN(C)Sc1ccc(SN(C)c2ccccc2N2CCCCC2)s1. The van der Waals surface area contributed by atoms with Gasteiger partial charge in [0.1, 0.15) is 0 Å². The molecule has 1 saturated heterocycles. The van der Waals surface area contributed by atoms with Gasteiger partial charge in [-0.1, -0.05) is 12.1 Å². The predicted molar refractivity (Wildman–Crippen MR) is 111 cm³/mol. The van der Waals surface area contributed by atoms with E-state index in [-0.39, 0.29) is 0 Å². The lowest BCUT2D eigenvalue weighted by Gasteiger charge is -2.32. The molecule has 0 aliphatic carbocycles. The quantitative estimate of drug-likeness (QED) is 0.616. The summed E-state index contributed by atoms with van der Waals surface area (Å²) in [6, 6.07) is 13.2. The van der Waals surface area contributed by atoms with Gasteiger partial charge >= 0.3 is 0 Å². The topological polar surface area (TPSA) is 9.72 Å². The molecule has 0 atom stereocenters. The predicted octanol–water partition coefficient (Wildman–Crippen LogP) is 5.45.